The van der Waals surface area contributed by atoms with Crippen LogP contribution in [0.4, 0.5) is 31.1 Å². The highest BCUT2D eigenvalue weighted by Gasteiger charge is 2.20. The molecule has 0 aliphatic carbocycles. The molecule has 0 fully saturated rings. The van der Waals surface area contributed by atoms with E-state index in [1.807, 2.05) is 76.2 Å². The van der Waals surface area contributed by atoms with Gasteiger partial charge in [0.15, 0.2) is 34.0 Å². The maximum atomic E-state index is 14.0. The van der Waals surface area contributed by atoms with E-state index in [-0.39, 0.29) is 38.9 Å². The number of ether oxygens (including phenoxy) is 4. The Morgan fingerprint density at radius 2 is 1.14 bits per heavy atom. The number of Topliss-reactive ketones (excluding diaryl/α,β-unsaturated/α-hetero) is 1. The Bertz CT molecular complexity index is 2090. The standard InChI is InChI=1S/C23H27FN4O3S.C12H20N2OS.C9H8BrFO2.2C2H6/c1-4-28(5-2)12-13-31-17-9-7-16(8-10-17)26-23-27-22(25)21(32-23)20(29)15-6-11-19(30-3)18(24)14-15;1-3-14(4-2)9-10-15-12-7-5-11(13-16)6-8-12;1-13-9-3-2-6(4-7(9)11)8(12)5-10;2*1-2/h6-11,14H,4-5,12-13,25H2,1-3H3,(H,26,27);5-8,13,16H,3-4,9-10H2,1-2H3;2-4H,5H2,1H3;2*1-2H3. The van der Waals surface area contributed by atoms with E-state index in [4.69, 9.17) is 24.7 Å². The van der Waals surface area contributed by atoms with E-state index in [1.165, 1.54) is 44.6 Å². The number of halogens is 3. The number of carbonyl (C=O) groups is 2. The summed E-state index contributed by atoms with van der Waals surface area (Å²) < 4.78 is 50.8. The number of nitrogen functional groups attached to an aromatic ring is 1. The molecule has 0 bridgehead atoms. The lowest BCUT2D eigenvalue weighted by Gasteiger charge is -2.18. The lowest BCUT2D eigenvalue weighted by atomic mass is 10.1. The summed E-state index contributed by atoms with van der Waals surface area (Å²) in [5, 5.41) is 3.80. The van der Waals surface area contributed by atoms with Crippen LogP contribution in [0.3, 0.4) is 0 Å². The summed E-state index contributed by atoms with van der Waals surface area (Å²) in [6.07, 6.45) is 0. The minimum atomic E-state index is -0.612. The Kier molecular flexibility index (Phi) is 30.0. The van der Waals surface area contributed by atoms with Crippen LogP contribution < -0.4 is 34.7 Å². The van der Waals surface area contributed by atoms with E-state index < -0.39 is 17.4 Å². The number of methoxy groups -OCH3 is 2. The third-order valence-corrected chi connectivity index (χ3v) is 10.9. The van der Waals surface area contributed by atoms with Crippen LogP contribution in [0.5, 0.6) is 23.0 Å². The number of nitrogens with two attached hydrogens (primary N) is 1. The van der Waals surface area contributed by atoms with Gasteiger partial charge in [0.25, 0.3) is 0 Å². The molecule has 358 valence electrons. The number of rotatable bonds is 21. The molecule has 0 amide bonds. The molecule has 12 nitrogen and oxygen atoms in total. The molecule has 0 unspecified atom stereocenters. The molecular formula is C48H67BrF2N6O6S2. The fourth-order valence-electron chi connectivity index (χ4n) is 5.45. The zero-order chi connectivity index (χ0) is 48.7. The number of carbonyl (C=O) groups excluding carboxylic acids is 2. The van der Waals surface area contributed by atoms with Gasteiger partial charge in [-0.15, -0.1) is 0 Å². The average molecular weight is 1010 g/mol. The van der Waals surface area contributed by atoms with Gasteiger partial charge in [-0.25, -0.2) is 13.8 Å². The van der Waals surface area contributed by atoms with E-state index in [9.17, 15) is 18.4 Å². The zero-order valence-corrected chi connectivity index (χ0v) is 42.6. The molecule has 0 saturated carbocycles. The number of hydrogen-bond donors (Lipinski definition) is 4. The number of aromatic nitrogens is 1. The smallest absolute Gasteiger partial charge is 0.206 e. The fraction of sp³-hybridized carbons (Fsp3) is 0.396. The van der Waals surface area contributed by atoms with Crippen LogP contribution >= 0.6 is 40.1 Å². The molecule has 5 aromatic rings. The van der Waals surface area contributed by atoms with Crippen LogP contribution in [-0.4, -0.2) is 98.4 Å². The van der Waals surface area contributed by atoms with Crippen LogP contribution in [0.2, 0.25) is 0 Å². The number of likely N-dealkylation sites (N-methyl/N-ethyl adjacent to an activating group) is 2. The number of benzene rings is 4. The fourth-order valence-corrected chi connectivity index (χ4v) is 6.79. The van der Waals surface area contributed by atoms with Gasteiger partial charge in [0.2, 0.25) is 5.78 Å². The topological polar surface area (TPSA) is 141 Å². The number of thiazole rings is 1. The van der Waals surface area contributed by atoms with Crippen LogP contribution in [0, 0.1) is 11.6 Å². The van der Waals surface area contributed by atoms with Gasteiger partial charge in [-0.3, -0.25) is 9.59 Å². The van der Waals surface area contributed by atoms with Crippen molar-refractivity contribution in [3.8, 4) is 23.0 Å². The highest BCUT2D eigenvalue weighted by Crippen LogP contribution is 2.31. The summed E-state index contributed by atoms with van der Waals surface area (Å²) in [6, 6.07) is 23.4. The van der Waals surface area contributed by atoms with Crippen LogP contribution in [0.15, 0.2) is 84.9 Å². The molecule has 4 aromatic carbocycles. The summed E-state index contributed by atoms with van der Waals surface area (Å²) in [5.41, 5.74) is 8.22. The lowest BCUT2D eigenvalue weighted by molar-refractivity contribution is 0.102. The van der Waals surface area contributed by atoms with Crippen molar-refractivity contribution in [1.29, 1.82) is 0 Å². The molecule has 1 aromatic heterocycles. The van der Waals surface area contributed by atoms with Crippen LogP contribution in [0.25, 0.3) is 0 Å². The summed E-state index contributed by atoms with van der Waals surface area (Å²) in [7, 11) is 2.74. The Morgan fingerprint density at radius 1 is 0.708 bits per heavy atom. The molecule has 17 heteroatoms. The van der Waals surface area contributed by atoms with Crippen molar-refractivity contribution in [2.75, 3.05) is 87.8 Å². The van der Waals surface area contributed by atoms with Crippen LogP contribution in [0.1, 0.15) is 81.0 Å². The average Bonchev–Trinajstić information content (AvgIpc) is 3.72. The van der Waals surface area contributed by atoms with E-state index in [1.54, 1.807) is 0 Å². The molecule has 4 N–H and O–H groups in total. The SMILES string of the molecule is CC.CC.CCN(CC)CCOc1ccc(NS)cc1.CCN(CC)CCOc1ccc(Nc2nc(N)c(C(=O)c3ccc(OC)c(F)c3)s2)cc1.COc1ccc(C(=O)CBr)cc1F. The first-order valence-corrected chi connectivity index (χ1v) is 24.0. The second-order valence-corrected chi connectivity index (χ2v) is 14.6. The summed E-state index contributed by atoms with van der Waals surface area (Å²) in [6.45, 7) is 23.9. The molecule has 0 atom stereocenters. The monoisotopic (exact) mass is 1000 g/mol. The van der Waals surface area contributed by atoms with Crippen molar-refractivity contribution < 1.29 is 37.3 Å². The van der Waals surface area contributed by atoms with Crippen molar-refractivity contribution >= 4 is 74.0 Å². The largest absolute Gasteiger partial charge is 0.494 e. The van der Waals surface area contributed by atoms with Gasteiger partial charge < -0.3 is 44.5 Å². The molecule has 0 radical (unpaired) electrons. The first-order chi connectivity index (χ1) is 31.4. The van der Waals surface area contributed by atoms with Crippen molar-refractivity contribution in [2.45, 2.75) is 55.4 Å². The zero-order valence-electron chi connectivity index (χ0n) is 39.3. The van der Waals surface area contributed by atoms with Gasteiger partial charge in [0.05, 0.1) is 19.5 Å². The van der Waals surface area contributed by atoms with Gasteiger partial charge >= 0.3 is 0 Å². The third kappa shape index (κ3) is 20.4. The normalized spacial score (nSPS) is 10.1. The molecular weight excluding hydrogens is 939 g/mol. The van der Waals surface area contributed by atoms with Crippen molar-refractivity contribution in [3.05, 3.63) is 113 Å². The van der Waals surface area contributed by atoms with Crippen molar-refractivity contribution in [1.82, 2.24) is 14.8 Å². The predicted octanol–water partition coefficient (Wildman–Crippen LogP) is 11.7. The van der Waals surface area contributed by atoms with E-state index in [0.29, 0.717) is 17.3 Å². The maximum absolute atomic E-state index is 14.0. The summed E-state index contributed by atoms with van der Waals surface area (Å²) in [4.78, 5) is 33.0. The first kappa shape index (κ1) is 58.1. The number of nitrogens with one attached hydrogen (secondary N) is 2. The highest BCUT2D eigenvalue weighted by atomic mass is 79.9. The number of hydrogen-bond acceptors (Lipinski definition) is 14. The van der Waals surface area contributed by atoms with Gasteiger partial charge in [0, 0.05) is 35.6 Å². The Labute approximate surface area is 402 Å². The minimum absolute atomic E-state index is 0.0710. The van der Waals surface area contributed by atoms with Crippen molar-refractivity contribution in [2.24, 2.45) is 0 Å². The predicted molar refractivity (Wildman–Crippen MR) is 272 cm³/mol. The van der Waals surface area contributed by atoms with E-state index in [0.717, 1.165) is 86.2 Å². The van der Waals surface area contributed by atoms with Gasteiger partial charge in [-0.2, -0.15) is 0 Å². The Morgan fingerprint density at radius 3 is 1.54 bits per heavy atom. The number of thiol groups is 1. The third-order valence-electron chi connectivity index (χ3n) is 9.10. The first-order valence-electron chi connectivity index (χ1n) is 21.6. The summed E-state index contributed by atoms with van der Waals surface area (Å²) >= 11 is 8.09. The number of ketones is 2. The molecule has 65 heavy (non-hydrogen) atoms. The molecule has 0 saturated heterocycles. The second kappa shape index (κ2) is 33.5. The van der Waals surface area contributed by atoms with Gasteiger partial charge in [-0.05, 0) is 111 Å². The van der Waals surface area contributed by atoms with Crippen LogP contribution in [-0.2, 0) is 0 Å². The summed E-state index contributed by atoms with van der Waals surface area (Å²) in [5.74, 6) is 0.308. The number of anilines is 4. The lowest BCUT2D eigenvalue weighted by Crippen LogP contribution is -2.27. The molecule has 1 heterocycles. The number of alkyl halides is 1. The second-order valence-electron chi connectivity index (χ2n) is 12.9. The Balaban J connectivity index is 0.000000533. The minimum Gasteiger partial charge on any atom is -0.494 e. The highest BCUT2D eigenvalue weighted by molar-refractivity contribution is 9.09. The molecule has 0 aliphatic heterocycles. The Hall–Kier alpha value is -4.94. The number of nitrogens with zero attached hydrogens (tertiary/aromatic N) is 3. The molecule has 0 aliphatic rings. The van der Waals surface area contributed by atoms with E-state index in [2.05, 4.69) is 81.3 Å². The molecule has 0 spiro atoms. The molecule has 5 rings (SSSR count). The quantitative estimate of drug-likeness (QED) is 0.0316. The maximum Gasteiger partial charge on any atom is 0.206 e. The van der Waals surface area contributed by atoms with E-state index >= 15 is 0 Å². The van der Waals surface area contributed by atoms with Gasteiger partial charge in [0.1, 0.15) is 35.4 Å². The van der Waals surface area contributed by atoms with Crippen molar-refractivity contribution in [3.63, 3.8) is 0 Å². The van der Waals surface area contributed by atoms with Gasteiger partial charge in [-0.1, -0.05) is 95.5 Å².